The monoisotopic (exact) mass is 253 g/mol. The van der Waals surface area contributed by atoms with E-state index in [0.717, 1.165) is 11.4 Å². The van der Waals surface area contributed by atoms with Gasteiger partial charge in [-0.1, -0.05) is 6.92 Å². The van der Waals surface area contributed by atoms with E-state index in [1.165, 1.54) is 18.3 Å². The van der Waals surface area contributed by atoms with Crippen LogP contribution in [0.3, 0.4) is 0 Å². The quantitative estimate of drug-likeness (QED) is 0.611. The van der Waals surface area contributed by atoms with Gasteiger partial charge in [0, 0.05) is 12.8 Å². The van der Waals surface area contributed by atoms with Crippen molar-refractivity contribution >= 4 is 23.1 Å². The molecular formula is C12H15NO3S. The third kappa shape index (κ3) is 2.39. The first-order valence-corrected chi connectivity index (χ1v) is 6.55. The van der Waals surface area contributed by atoms with Crippen LogP contribution in [-0.4, -0.2) is 23.3 Å². The Labute approximate surface area is 104 Å². The van der Waals surface area contributed by atoms with Crippen molar-refractivity contribution in [3.05, 3.63) is 15.6 Å². The maximum Gasteiger partial charge on any atom is 0.358 e. The Hall–Kier alpha value is -1.23. The zero-order valence-corrected chi connectivity index (χ0v) is 11.0. The third-order valence-electron chi connectivity index (χ3n) is 2.86. The molecule has 0 bridgehead atoms. The minimum atomic E-state index is -0.492. The highest BCUT2D eigenvalue weighted by atomic mass is 32.1. The first-order valence-electron chi connectivity index (χ1n) is 5.73. The van der Waals surface area contributed by atoms with E-state index in [4.69, 9.17) is 4.74 Å². The summed E-state index contributed by atoms with van der Waals surface area (Å²) in [7, 11) is 0. The Bertz CT molecular complexity index is 466. The molecule has 2 unspecified atom stereocenters. The van der Waals surface area contributed by atoms with Crippen LogP contribution in [0.1, 0.15) is 58.3 Å². The van der Waals surface area contributed by atoms with Gasteiger partial charge in [0.25, 0.3) is 0 Å². The summed E-state index contributed by atoms with van der Waals surface area (Å²) in [6, 6.07) is 0. The zero-order valence-electron chi connectivity index (χ0n) is 10.1. The van der Waals surface area contributed by atoms with E-state index >= 15 is 0 Å². The van der Waals surface area contributed by atoms with Gasteiger partial charge < -0.3 is 4.74 Å². The topological polar surface area (TPSA) is 56.3 Å². The number of ketones is 1. The number of esters is 1. The number of nitrogens with zero attached hydrogens (tertiary/aromatic N) is 1. The second-order valence-electron chi connectivity index (χ2n) is 4.33. The molecular weight excluding hydrogens is 238 g/mol. The molecule has 1 aromatic heterocycles. The third-order valence-corrected chi connectivity index (χ3v) is 4.15. The summed E-state index contributed by atoms with van der Waals surface area (Å²) in [6.45, 7) is 5.63. The van der Waals surface area contributed by atoms with Crippen LogP contribution in [0.4, 0.5) is 0 Å². The van der Waals surface area contributed by atoms with Crippen LogP contribution in [0.5, 0.6) is 0 Å². The Kier molecular flexibility index (Phi) is 3.28. The van der Waals surface area contributed by atoms with Crippen molar-refractivity contribution in [2.24, 2.45) is 5.92 Å². The fourth-order valence-corrected chi connectivity index (χ4v) is 2.93. The van der Waals surface area contributed by atoms with Gasteiger partial charge in [-0.2, -0.15) is 0 Å². The molecule has 17 heavy (non-hydrogen) atoms. The minimum Gasteiger partial charge on any atom is -0.461 e. The Morgan fingerprint density at radius 2 is 2.18 bits per heavy atom. The van der Waals surface area contributed by atoms with Gasteiger partial charge in [0.2, 0.25) is 0 Å². The van der Waals surface area contributed by atoms with Gasteiger partial charge in [0.05, 0.1) is 11.6 Å². The first-order chi connectivity index (χ1) is 8.04. The molecule has 5 heteroatoms. The SMILES string of the molecule is CCOC(=O)c1nc(C2CC2C)sc1C(C)=O. The van der Waals surface area contributed by atoms with Crippen LogP contribution >= 0.6 is 11.3 Å². The standard InChI is InChI=1S/C12H15NO3S/c1-4-16-12(15)9-10(7(3)14)17-11(13-9)8-5-6(8)2/h6,8H,4-5H2,1-3H3. The van der Waals surface area contributed by atoms with E-state index in [-0.39, 0.29) is 11.5 Å². The second kappa shape index (κ2) is 4.56. The predicted molar refractivity (Wildman–Crippen MR) is 64.6 cm³/mol. The summed E-state index contributed by atoms with van der Waals surface area (Å²) in [5.74, 6) is 0.413. The maximum atomic E-state index is 11.7. The van der Waals surface area contributed by atoms with E-state index in [1.807, 2.05) is 0 Å². The molecule has 1 heterocycles. The minimum absolute atomic E-state index is 0.120. The Morgan fingerprint density at radius 1 is 1.53 bits per heavy atom. The van der Waals surface area contributed by atoms with E-state index in [1.54, 1.807) is 6.92 Å². The lowest BCUT2D eigenvalue weighted by Gasteiger charge is -1.98. The second-order valence-corrected chi connectivity index (χ2v) is 5.36. The number of hydrogen-bond acceptors (Lipinski definition) is 5. The number of carbonyl (C=O) groups is 2. The molecule has 0 N–H and O–H groups in total. The van der Waals surface area contributed by atoms with Crippen LogP contribution in [-0.2, 0) is 4.74 Å². The molecule has 2 rings (SSSR count). The number of carbonyl (C=O) groups excluding carboxylic acids is 2. The normalized spacial score (nSPS) is 22.3. The first kappa shape index (κ1) is 12.2. The van der Waals surface area contributed by atoms with Crippen LogP contribution in [0.15, 0.2) is 0 Å². The van der Waals surface area contributed by atoms with E-state index in [2.05, 4.69) is 11.9 Å². The van der Waals surface area contributed by atoms with E-state index in [9.17, 15) is 9.59 Å². The Morgan fingerprint density at radius 3 is 2.65 bits per heavy atom. The van der Waals surface area contributed by atoms with E-state index in [0.29, 0.717) is 23.3 Å². The fraction of sp³-hybridized carbons (Fsp3) is 0.583. The highest BCUT2D eigenvalue weighted by Gasteiger charge is 2.38. The number of rotatable bonds is 4. The van der Waals surface area contributed by atoms with Crippen molar-refractivity contribution in [3.63, 3.8) is 0 Å². The van der Waals surface area contributed by atoms with Gasteiger partial charge in [0.1, 0.15) is 4.88 Å². The number of ether oxygens (including phenoxy) is 1. The molecule has 0 amide bonds. The summed E-state index contributed by atoms with van der Waals surface area (Å²) in [6.07, 6.45) is 1.09. The average molecular weight is 253 g/mol. The Balaban J connectivity index is 2.32. The van der Waals surface area contributed by atoms with Gasteiger partial charge in [-0.05, 0) is 19.3 Å². The molecule has 2 atom stereocenters. The van der Waals surface area contributed by atoms with Crippen LogP contribution in [0.25, 0.3) is 0 Å². The predicted octanol–water partition coefficient (Wildman–Crippen LogP) is 2.65. The number of aromatic nitrogens is 1. The van der Waals surface area contributed by atoms with Crippen LogP contribution < -0.4 is 0 Å². The summed E-state index contributed by atoms with van der Waals surface area (Å²) in [4.78, 5) is 27.9. The average Bonchev–Trinajstić information content (AvgIpc) is 2.82. The molecule has 1 saturated carbocycles. The molecule has 1 aromatic rings. The van der Waals surface area contributed by atoms with Crippen molar-refractivity contribution < 1.29 is 14.3 Å². The molecule has 92 valence electrons. The summed E-state index contributed by atoms with van der Waals surface area (Å²) in [5.41, 5.74) is 0.193. The molecule has 0 aliphatic heterocycles. The van der Waals surface area contributed by atoms with Crippen LogP contribution in [0, 0.1) is 5.92 Å². The van der Waals surface area contributed by atoms with Gasteiger partial charge in [-0.25, -0.2) is 9.78 Å². The van der Waals surface area contributed by atoms with Gasteiger partial charge in [-0.3, -0.25) is 4.79 Å². The van der Waals surface area contributed by atoms with Crippen LogP contribution in [0.2, 0.25) is 0 Å². The highest BCUT2D eigenvalue weighted by Crippen LogP contribution is 2.48. The van der Waals surface area contributed by atoms with Gasteiger partial charge >= 0.3 is 5.97 Å². The smallest absolute Gasteiger partial charge is 0.358 e. The highest BCUT2D eigenvalue weighted by molar-refractivity contribution is 7.14. The lowest BCUT2D eigenvalue weighted by molar-refractivity contribution is 0.0517. The lowest BCUT2D eigenvalue weighted by atomic mass is 10.3. The molecule has 0 aromatic carbocycles. The van der Waals surface area contributed by atoms with Crippen molar-refractivity contribution in [1.82, 2.24) is 4.98 Å². The molecule has 0 saturated heterocycles. The maximum absolute atomic E-state index is 11.7. The molecule has 0 spiro atoms. The van der Waals surface area contributed by atoms with Crippen molar-refractivity contribution in [2.45, 2.75) is 33.1 Å². The van der Waals surface area contributed by atoms with Gasteiger partial charge in [0.15, 0.2) is 11.5 Å². The molecule has 4 nitrogen and oxygen atoms in total. The van der Waals surface area contributed by atoms with Crippen molar-refractivity contribution in [3.8, 4) is 0 Å². The number of thiazole rings is 1. The molecule has 1 aliphatic carbocycles. The molecule has 0 radical (unpaired) electrons. The van der Waals surface area contributed by atoms with Crippen molar-refractivity contribution in [2.75, 3.05) is 6.61 Å². The van der Waals surface area contributed by atoms with E-state index < -0.39 is 5.97 Å². The largest absolute Gasteiger partial charge is 0.461 e. The summed E-state index contributed by atoms with van der Waals surface area (Å²) in [5, 5.41) is 0.894. The fourth-order valence-electron chi connectivity index (χ4n) is 1.74. The summed E-state index contributed by atoms with van der Waals surface area (Å²) >= 11 is 1.33. The molecule has 1 fully saturated rings. The summed E-state index contributed by atoms with van der Waals surface area (Å²) < 4.78 is 4.91. The zero-order chi connectivity index (χ0) is 12.6. The lowest BCUT2D eigenvalue weighted by Crippen LogP contribution is -2.09. The number of Topliss-reactive ketones (excluding diaryl/α,β-unsaturated/α-hetero) is 1. The van der Waals surface area contributed by atoms with Crippen molar-refractivity contribution in [1.29, 1.82) is 0 Å². The number of hydrogen-bond donors (Lipinski definition) is 0. The molecule has 1 aliphatic rings. The van der Waals surface area contributed by atoms with Gasteiger partial charge in [-0.15, -0.1) is 11.3 Å².